The van der Waals surface area contributed by atoms with Crippen LogP contribution in [0.4, 0.5) is 0 Å². The quantitative estimate of drug-likeness (QED) is 0.853. The van der Waals surface area contributed by atoms with E-state index in [0.29, 0.717) is 6.04 Å². The van der Waals surface area contributed by atoms with Gasteiger partial charge in [-0.15, -0.1) is 0 Å². The Labute approximate surface area is 114 Å². The van der Waals surface area contributed by atoms with Gasteiger partial charge in [-0.3, -0.25) is 0 Å². The van der Waals surface area contributed by atoms with Gasteiger partial charge >= 0.3 is 0 Å². The molecule has 0 unspecified atom stereocenters. The highest BCUT2D eigenvalue weighted by Gasteiger charge is 2.06. The van der Waals surface area contributed by atoms with Crippen molar-refractivity contribution in [2.45, 2.75) is 26.4 Å². The van der Waals surface area contributed by atoms with Crippen molar-refractivity contribution < 1.29 is 0 Å². The SMILES string of the molecule is Cc1ccccc1[C@H](C)NCc1ccc(Cl)cc1. The Bertz CT molecular complexity index is 505. The van der Waals surface area contributed by atoms with Crippen LogP contribution in [0, 0.1) is 6.92 Å². The van der Waals surface area contributed by atoms with Crippen LogP contribution >= 0.6 is 11.6 Å². The molecule has 0 amide bonds. The van der Waals surface area contributed by atoms with Gasteiger partial charge in [-0.2, -0.15) is 0 Å². The van der Waals surface area contributed by atoms with Gasteiger partial charge in [0.15, 0.2) is 0 Å². The minimum absolute atomic E-state index is 0.349. The van der Waals surface area contributed by atoms with Crippen LogP contribution in [0.2, 0.25) is 5.02 Å². The second-order valence-electron chi connectivity index (χ2n) is 4.59. The summed E-state index contributed by atoms with van der Waals surface area (Å²) in [5.74, 6) is 0. The number of halogens is 1. The molecule has 0 aromatic heterocycles. The first-order valence-electron chi connectivity index (χ1n) is 6.20. The third-order valence-electron chi connectivity index (χ3n) is 3.18. The third-order valence-corrected chi connectivity index (χ3v) is 3.43. The zero-order valence-corrected chi connectivity index (χ0v) is 11.5. The Morgan fingerprint density at radius 1 is 1.06 bits per heavy atom. The van der Waals surface area contributed by atoms with Gasteiger partial charge in [0.2, 0.25) is 0 Å². The molecule has 0 aliphatic rings. The van der Waals surface area contributed by atoms with Crippen molar-refractivity contribution in [2.24, 2.45) is 0 Å². The molecule has 0 bridgehead atoms. The molecular weight excluding hydrogens is 242 g/mol. The molecule has 0 aliphatic heterocycles. The van der Waals surface area contributed by atoms with Crippen molar-refractivity contribution >= 4 is 11.6 Å². The van der Waals surface area contributed by atoms with E-state index in [1.165, 1.54) is 16.7 Å². The van der Waals surface area contributed by atoms with E-state index in [4.69, 9.17) is 11.6 Å². The summed E-state index contributed by atoms with van der Waals surface area (Å²) in [6.45, 7) is 5.20. The Hall–Kier alpha value is -1.31. The van der Waals surface area contributed by atoms with E-state index in [-0.39, 0.29) is 0 Å². The number of benzene rings is 2. The average molecular weight is 260 g/mol. The van der Waals surface area contributed by atoms with E-state index in [2.05, 4.69) is 55.6 Å². The van der Waals surface area contributed by atoms with Gasteiger partial charge in [0.1, 0.15) is 0 Å². The normalized spacial score (nSPS) is 12.4. The average Bonchev–Trinajstić information content (AvgIpc) is 2.38. The van der Waals surface area contributed by atoms with Crippen molar-refractivity contribution in [1.29, 1.82) is 0 Å². The molecule has 0 fully saturated rings. The fourth-order valence-electron chi connectivity index (χ4n) is 2.06. The highest BCUT2D eigenvalue weighted by molar-refractivity contribution is 6.30. The zero-order chi connectivity index (χ0) is 13.0. The summed E-state index contributed by atoms with van der Waals surface area (Å²) in [4.78, 5) is 0. The molecular formula is C16H18ClN. The lowest BCUT2D eigenvalue weighted by Gasteiger charge is -2.16. The smallest absolute Gasteiger partial charge is 0.0406 e. The molecule has 2 aromatic rings. The summed E-state index contributed by atoms with van der Waals surface area (Å²) in [6.07, 6.45) is 0. The zero-order valence-electron chi connectivity index (χ0n) is 10.8. The fraction of sp³-hybridized carbons (Fsp3) is 0.250. The van der Waals surface area contributed by atoms with Crippen LogP contribution in [0.5, 0.6) is 0 Å². The molecule has 0 radical (unpaired) electrons. The minimum atomic E-state index is 0.349. The molecule has 18 heavy (non-hydrogen) atoms. The maximum atomic E-state index is 5.87. The molecule has 0 spiro atoms. The molecule has 2 heteroatoms. The minimum Gasteiger partial charge on any atom is -0.306 e. The summed E-state index contributed by atoms with van der Waals surface area (Å²) in [5.41, 5.74) is 3.93. The molecule has 1 nitrogen and oxygen atoms in total. The van der Waals surface area contributed by atoms with Crippen molar-refractivity contribution in [1.82, 2.24) is 5.32 Å². The maximum Gasteiger partial charge on any atom is 0.0406 e. The summed E-state index contributed by atoms with van der Waals surface area (Å²) in [7, 11) is 0. The summed E-state index contributed by atoms with van der Waals surface area (Å²) in [6, 6.07) is 16.8. The predicted molar refractivity (Wildman–Crippen MR) is 77.9 cm³/mol. The van der Waals surface area contributed by atoms with Gasteiger partial charge in [-0.05, 0) is 42.7 Å². The second-order valence-corrected chi connectivity index (χ2v) is 5.02. The number of rotatable bonds is 4. The van der Waals surface area contributed by atoms with Crippen molar-refractivity contribution in [2.75, 3.05) is 0 Å². The highest BCUT2D eigenvalue weighted by Crippen LogP contribution is 2.17. The molecule has 0 saturated carbocycles. The standard InChI is InChI=1S/C16H18ClN/c1-12-5-3-4-6-16(12)13(2)18-11-14-7-9-15(17)10-8-14/h3-10,13,18H,11H2,1-2H3/t13-/m0/s1. The Balaban J connectivity index is 1.98. The van der Waals surface area contributed by atoms with Gasteiger partial charge in [-0.1, -0.05) is 48.0 Å². The first-order chi connectivity index (χ1) is 8.66. The molecule has 0 heterocycles. The summed E-state index contributed by atoms with van der Waals surface area (Å²) in [5, 5.41) is 4.32. The Morgan fingerprint density at radius 3 is 2.39 bits per heavy atom. The summed E-state index contributed by atoms with van der Waals surface area (Å²) < 4.78 is 0. The maximum absolute atomic E-state index is 5.87. The third kappa shape index (κ3) is 3.34. The van der Waals surface area contributed by atoms with E-state index < -0.39 is 0 Å². The fourth-order valence-corrected chi connectivity index (χ4v) is 2.18. The van der Waals surface area contributed by atoms with Crippen LogP contribution < -0.4 is 5.32 Å². The highest BCUT2D eigenvalue weighted by atomic mass is 35.5. The lowest BCUT2D eigenvalue weighted by atomic mass is 10.0. The topological polar surface area (TPSA) is 12.0 Å². The van der Waals surface area contributed by atoms with E-state index in [0.717, 1.165) is 11.6 Å². The van der Waals surface area contributed by atoms with Gasteiger partial charge in [0.05, 0.1) is 0 Å². The lowest BCUT2D eigenvalue weighted by Crippen LogP contribution is -2.18. The van der Waals surface area contributed by atoms with Gasteiger partial charge in [0, 0.05) is 17.6 Å². The molecule has 0 aliphatic carbocycles. The number of hydrogen-bond donors (Lipinski definition) is 1. The van der Waals surface area contributed by atoms with Crippen LogP contribution in [0.15, 0.2) is 48.5 Å². The van der Waals surface area contributed by atoms with Gasteiger partial charge in [-0.25, -0.2) is 0 Å². The first-order valence-corrected chi connectivity index (χ1v) is 6.58. The van der Waals surface area contributed by atoms with Gasteiger partial charge in [0.25, 0.3) is 0 Å². The molecule has 94 valence electrons. The van der Waals surface area contributed by atoms with Crippen LogP contribution in [0.25, 0.3) is 0 Å². The molecule has 1 N–H and O–H groups in total. The molecule has 1 atom stereocenters. The lowest BCUT2D eigenvalue weighted by molar-refractivity contribution is 0.572. The monoisotopic (exact) mass is 259 g/mol. The van der Waals surface area contributed by atoms with E-state index in [1.54, 1.807) is 0 Å². The Morgan fingerprint density at radius 2 is 1.72 bits per heavy atom. The van der Waals surface area contributed by atoms with Crippen molar-refractivity contribution in [3.63, 3.8) is 0 Å². The van der Waals surface area contributed by atoms with Crippen LogP contribution in [0.3, 0.4) is 0 Å². The van der Waals surface area contributed by atoms with Crippen LogP contribution in [0.1, 0.15) is 29.7 Å². The molecule has 0 saturated heterocycles. The van der Waals surface area contributed by atoms with Gasteiger partial charge < -0.3 is 5.32 Å². The van der Waals surface area contributed by atoms with E-state index >= 15 is 0 Å². The van der Waals surface area contributed by atoms with E-state index in [9.17, 15) is 0 Å². The largest absolute Gasteiger partial charge is 0.306 e. The number of nitrogens with one attached hydrogen (secondary N) is 1. The van der Waals surface area contributed by atoms with Crippen molar-refractivity contribution in [3.05, 3.63) is 70.2 Å². The number of aryl methyl sites for hydroxylation is 1. The first kappa shape index (κ1) is 13.1. The van der Waals surface area contributed by atoms with E-state index in [1.807, 2.05) is 12.1 Å². The Kier molecular flexibility index (Phi) is 4.40. The number of hydrogen-bond acceptors (Lipinski definition) is 1. The van der Waals surface area contributed by atoms with Crippen LogP contribution in [-0.4, -0.2) is 0 Å². The molecule has 2 rings (SSSR count). The van der Waals surface area contributed by atoms with Crippen LogP contribution in [-0.2, 0) is 6.54 Å². The predicted octanol–water partition coefficient (Wildman–Crippen LogP) is 4.50. The second kappa shape index (κ2) is 6.03. The molecule has 2 aromatic carbocycles. The summed E-state index contributed by atoms with van der Waals surface area (Å²) >= 11 is 5.87. The van der Waals surface area contributed by atoms with Crippen molar-refractivity contribution in [3.8, 4) is 0 Å².